The highest BCUT2D eigenvalue weighted by atomic mass is 19.1. The Bertz CT molecular complexity index is 852. The third-order valence-corrected chi connectivity index (χ3v) is 5.69. The van der Waals surface area contributed by atoms with E-state index in [1.807, 2.05) is 19.9 Å². The molecular weight excluding hydrogens is 388 g/mol. The Labute approximate surface area is 176 Å². The van der Waals surface area contributed by atoms with Crippen molar-refractivity contribution in [2.45, 2.75) is 32.5 Å². The van der Waals surface area contributed by atoms with Gasteiger partial charge in [0.1, 0.15) is 5.82 Å². The van der Waals surface area contributed by atoms with Crippen molar-refractivity contribution in [1.82, 2.24) is 15.1 Å². The van der Waals surface area contributed by atoms with Crippen LogP contribution in [0.15, 0.2) is 42.5 Å². The molecule has 1 aliphatic rings. The number of benzene rings is 2. The molecule has 7 heteroatoms. The quantitative estimate of drug-likeness (QED) is 0.751. The molecule has 3 rings (SSSR count). The Balaban J connectivity index is 1.48. The third-order valence-electron chi connectivity index (χ3n) is 5.69. The topological polar surface area (TPSA) is 44.8 Å². The first-order chi connectivity index (χ1) is 14.4. The Morgan fingerprint density at radius 2 is 1.73 bits per heavy atom. The number of carbonyl (C=O) groups excluding carboxylic acids is 1. The highest BCUT2D eigenvalue weighted by Crippen LogP contribution is 2.20. The summed E-state index contributed by atoms with van der Waals surface area (Å²) in [5, 5.41) is 3.01. The fourth-order valence-electron chi connectivity index (χ4n) is 3.71. The van der Waals surface area contributed by atoms with Crippen molar-refractivity contribution in [2.24, 2.45) is 0 Å². The highest BCUT2D eigenvalue weighted by Gasteiger charge is 2.26. The fraction of sp³-hybridized carbons (Fsp3) is 0.435. The number of nitrogens with zero attached hydrogens (tertiary/aromatic N) is 2. The van der Waals surface area contributed by atoms with Gasteiger partial charge in [0.15, 0.2) is 11.6 Å². The molecule has 1 N–H and O–H groups in total. The Kier molecular flexibility index (Phi) is 7.39. The van der Waals surface area contributed by atoms with E-state index in [4.69, 9.17) is 4.74 Å². The van der Waals surface area contributed by atoms with Crippen molar-refractivity contribution in [2.75, 3.05) is 33.3 Å². The number of halogens is 2. The number of nitrogens with one attached hydrogen (secondary N) is 1. The molecule has 2 atom stereocenters. The maximum Gasteiger partial charge on any atom is 0.237 e. The van der Waals surface area contributed by atoms with Crippen molar-refractivity contribution >= 4 is 5.91 Å². The van der Waals surface area contributed by atoms with Crippen LogP contribution in [-0.2, 0) is 11.3 Å². The highest BCUT2D eigenvalue weighted by molar-refractivity contribution is 5.81. The molecule has 2 aromatic rings. The maximum atomic E-state index is 13.9. The molecule has 0 aliphatic carbocycles. The van der Waals surface area contributed by atoms with Crippen molar-refractivity contribution in [1.29, 1.82) is 0 Å². The first-order valence-electron chi connectivity index (χ1n) is 10.2. The molecular formula is C23H29F2N3O2. The molecule has 30 heavy (non-hydrogen) atoms. The van der Waals surface area contributed by atoms with Crippen LogP contribution < -0.4 is 10.1 Å². The van der Waals surface area contributed by atoms with E-state index >= 15 is 0 Å². The van der Waals surface area contributed by atoms with Gasteiger partial charge in [0.25, 0.3) is 0 Å². The van der Waals surface area contributed by atoms with Crippen molar-refractivity contribution < 1.29 is 18.3 Å². The van der Waals surface area contributed by atoms with E-state index in [1.54, 1.807) is 18.2 Å². The number of rotatable bonds is 7. The lowest BCUT2D eigenvalue weighted by Crippen LogP contribution is -2.53. The number of hydrogen-bond acceptors (Lipinski definition) is 4. The van der Waals surface area contributed by atoms with Gasteiger partial charge in [-0.2, -0.15) is 0 Å². The fourth-order valence-corrected chi connectivity index (χ4v) is 3.71. The summed E-state index contributed by atoms with van der Waals surface area (Å²) in [4.78, 5) is 17.1. The summed E-state index contributed by atoms with van der Waals surface area (Å²) in [7, 11) is 1.45. The summed E-state index contributed by atoms with van der Waals surface area (Å²) in [6.07, 6.45) is 0. The molecule has 1 fully saturated rings. The summed E-state index contributed by atoms with van der Waals surface area (Å²) in [5.41, 5.74) is 1.77. The summed E-state index contributed by atoms with van der Waals surface area (Å²) in [6, 6.07) is 10.8. The third kappa shape index (κ3) is 5.55. The van der Waals surface area contributed by atoms with Crippen LogP contribution >= 0.6 is 0 Å². The molecule has 1 aliphatic heterocycles. The number of amides is 1. The molecule has 1 amide bonds. The van der Waals surface area contributed by atoms with E-state index in [1.165, 1.54) is 25.3 Å². The average Bonchev–Trinajstić information content (AvgIpc) is 2.74. The zero-order chi connectivity index (χ0) is 21.7. The molecule has 0 radical (unpaired) electrons. The SMILES string of the molecule is COc1ccc(CN2CCN([C@@H](C)C(=O)N[C@@H](C)c3ccc(F)cc3)CC2)cc1F. The lowest BCUT2D eigenvalue weighted by atomic mass is 10.1. The van der Waals surface area contributed by atoms with Crippen LogP contribution in [0.5, 0.6) is 5.75 Å². The average molecular weight is 418 g/mol. The Morgan fingerprint density at radius 3 is 2.33 bits per heavy atom. The van der Waals surface area contributed by atoms with Crippen LogP contribution in [0.2, 0.25) is 0 Å². The number of piperazine rings is 1. The summed E-state index contributed by atoms with van der Waals surface area (Å²) >= 11 is 0. The van der Waals surface area contributed by atoms with Crippen LogP contribution in [-0.4, -0.2) is 55.0 Å². The monoisotopic (exact) mass is 417 g/mol. The Hall–Kier alpha value is -2.51. The molecule has 0 bridgehead atoms. The van der Waals surface area contributed by atoms with Gasteiger partial charge in [-0.15, -0.1) is 0 Å². The lowest BCUT2D eigenvalue weighted by molar-refractivity contribution is -0.127. The van der Waals surface area contributed by atoms with Gasteiger partial charge < -0.3 is 10.1 Å². The van der Waals surface area contributed by atoms with E-state index < -0.39 is 0 Å². The summed E-state index contributed by atoms with van der Waals surface area (Å²) in [5.74, 6) is -0.439. The van der Waals surface area contributed by atoms with Gasteiger partial charge in [-0.05, 0) is 49.2 Å². The van der Waals surface area contributed by atoms with Gasteiger partial charge in [-0.1, -0.05) is 18.2 Å². The minimum Gasteiger partial charge on any atom is -0.494 e. The van der Waals surface area contributed by atoms with Gasteiger partial charge >= 0.3 is 0 Å². The minimum absolute atomic E-state index is 0.0440. The molecule has 0 aromatic heterocycles. The summed E-state index contributed by atoms with van der Waals surface area (Å²) in [6.45, 7) is 7.59. The standard InChI is InChI=1S/C23H29F2N3O2/c1-16(19-5-7-20(24)8-6-19)26-23(29)17(2)28-12-10-27(11-13-28)15-18-4-9-22(30-3)21(25)14-18/h4-9,14,16-17H,10-13,15H2,1-3H3,(H,26,29)/t16-,17-/m0/s1. The van der Waals surface area contributed by atoms with E-state index in [9.17, 15) is 13.6 Å². The van der Waals surface area contributed by atoms with Crippen molar-refractivity contribution in [3.05, 3.63) is 65.2 Å². The first-order valence-corrected chi connectivity index (χ1v) is 10.2. The molecule has 0 unspecified atom stereocenters. The van der Waals surface area contributed by atoms with E-state index in [0.717, 1.165) is 37.3 Å². The Morgan fingerprint density at radius 1 is 1.07 bits per heavy atom. The van der Waals surface area contributed by atoms with Gasteiger partial charge in [0.2, 0.25) is 5.91 Å². The maximum absolute atomic E-state index is 13.9. The van der Waals surface area contributed by atoms with Crippen LogP contribution in [0, 0.1) is 11.6 Å². The molecule has 0 saturated carbocycles. The van der Waals surface area contributed by atoms with Crippen LogP contribution in [0.25, 0.3) is 0 Å². The van der Waals surface area contributed by atoms with Crippen LogP contribution in [0.1, 0.15) is 31.0 Å². The summed E-state index contributed by atoms with van der Waals surface area (Å²) < 4.78 is 31.9. The predicted molar refractivity (Wildman–Crippen MR) is 112 cm³/mol. The second-order valence-corrected chi connectivity index (χ2v) is 7.74. The molecule has 162 valence electrons. The van der Waals surface area contributed by atoms with Gasteiger partial charge in [-0.25, -0.2) is 8.78 Å². The van der Waals surface area contributed by atoms with Crippen molar-refractivity contribution in [3.8, 4) is 5.75 Å². The normalized spacial score (nSPS) is 17.4. The molecule has 2 aromatic carbocycles. The molecule has 1 saturated heterocycles. The molecule has 1 heterocycles. The largest absolute Gasteiger partial charge is 0.494 e. The van der Waals surface area contributed by atoms with E-state index in [0.29, 0.717) is 6.54 Å². The zero-order valence-electron chi connectivity index (χ0n) is 17.7. The van der Waals surface area contributed by atoms with E-state index in [-0.39, 0.29) is 35.4 Å². The molecule has 5 nitrogen and oxygen atoms in total. The van der Waals surface area contributed by atoms with Gasteiger partial charge in [0.05, 0.1) is 19.2 Å². The second kappa shape index (κ2) is 10.00. The zero-order valence-corrected chi connectivity index (χ0v) is 17.7. The van der Waals surface area contributed by atoms with E-state index in [2.05, 4.69) is 15.1 Å². The number of methoxy groups -OCH3 is 1. The predicted octanol–water partition coefficient (Wildman–Crippen LogP) is 3.36. The van der Waals surface area contributed by atoms with Crippen molar-refractivity contribution in [3.63, 3.8) is 0 Å². The van der Waals surface area contributed by atoms with Gasteiger partial charge in [-0.3, -0.25) is 14.6 Å². The minimum atomic E-state index is -0.353. The lowest BCUT2D eigenvalue weighted by Gasteiger charge is -2.37. The van der Waals surface area contributed by atoms with Crippen LogP contribution in [0.3, 0.4) is 0 Å². The van der Waals surface area contributed by atoms with Crippen LogP contribution in [0.4, 0.5) is 8.78 Å². The smallest absolute Gasteiger partial charge is 0.237 e. The second-order valence-electron chi connectivity index (χ2n) is 7.74. The number of ether oxygens (including phenoxy) is 1. The number of hydrogen-bond donors (Lipinski definition) is 1. The molecule has 0 spiro atoms. The first kappa shape index (κ1) is 22.2. The van der Waals surface area contributed by atoms with Gasteiger partial charge in [0, 0.05) is 32.7 Å². The number of carbonyl (C=O) groups is 1.